The van der Waals surface area contributed by atoms with Gasteiger partial charge in [0.1, 0.15) is 0 Å². The summed E-state index contributed by atoms with van der Waals surface area (Å²) >= 11 is 0. The summed E-state index contributed by atoms with van der Waals surface area (Å²) in [6, 6.07) is 13.2. The first-order valence-corrected chi connectivity index (χ1v) is 7.00. The van der Waals surface area contributed by atoms with Crippen LogP contribution in [-0.4, -0.2) is 24.1 Å². The average Bonchev–Trinajstić information content (AvgIpc) is 2.53. The number of amides is 2. The highest BCUT2D eigenvalue weighted by atomic mass is 16.2. The van der Waals surface area contributed by atoms with Crippen molar-refractivity contribution in [3.63, 3.8) is 0 Å². The lowest BCUT2D eigenvalue weighted by molar-refractivity contribution is -0.114. The van der Waals surface area contributed by atoms with Gasteiger partial charge in [-0.15, -0.1) is 0 Å². The fraction of sp³-hybridized carbons (Fsp3) is 0.118. The topological polar surface area (TPSA) is 101 Å². The quantitative estimate of drug-likeness (QED) is 0.710. The van der Waals surface area contributed by atoms with Crippen LogP contribution < -0.4 is 16.4 Å². The number of carbonyl (C=O) groups excluding carboxylic acids is 3. The van der Waals surface area contributed by atoms with Gasteiger partial charge in [0.15, 0.2) is 5.78 Å². The number of ketones is 1. The van der Waals surface area contributed by atoms with Gasteiger partial charge in [-0.3, -0.25) is 14.4 Å². The molecule has 23 heavy (non-hydrogen) atoms. The molecule has 0 bridgehead atoms. The lowest BCUT2D eigenvalue weighted by Crippen LogP contribution is -2.22. The van der Waals surface area contributed by atoms with Crippen LogP contribution in [0.25, 0.3) is 0 Å². The summed E-state index contributed by atoms with van der Waals surface area (Å²) in [5.74, 6) is -0.799. The second kappa shape index (κ2) is 7.22. The third-order valence-corrected chi connectivity index (χ3v) is 3.18. The Labute approximate surface area is 133 Å². The maximum atomic E-state index is 11.9. The molecule has 2 aromatic rings. The standard InChI is InChI=1S/C17H17N3O3/c1-11(21)13-3-2-4-15(9-13)19-10-16(22)20-14-7-5-12(6-8-14)17(18)23/h2-9,19H,10H2,1H3,(H2,18,23)(H,20,22). The molecular formula is C17H17N3O3. The Morgan fingerprint density at radius 1 is 0.957 bits per heavy atom. The van der Waals surface area contributed by atoms with Gasteiger partial charge in [-0.25, -0.2) is 0 Å². The van der Waals surface area contributed by atoms with E-state index in [1.807, 2.05) is 0 Å². The number of hydrogen-bond acceptors (Lipinski definition) is 4. The molecule has 0 atom stereocenters. The van der Waals surface area contributed by atoms with Crippen LogP contribution in [0.5, 0.6) is 0 Å². The summed E-state index contributed by atoms with van der Waals surface area (Å²) in [6.45, 7) is 1.54. The SMILES string of the molecule is CC(=O)c1cccc(NCC(=O)Nc2ccc(C(N)=O)cc2)c1. The number of hydrogen-bond donors (Lipinski definition) is 3. The number of nitrogens with two attached hydrogens (primary N) is 1. The van der Waals surface area contributed by atoms with E-state index in [9.17, 15) is 14.4 Å². The van der Waals surface area contributed by atoms with Gasteiger partial charge in [0, 0.05) is 22.5 Å². The molecule has 0 aliphatic heterocycles. The Balaban J connectivity index is 1.91. The van der Waals surface area contributed by atoms with Crippen LogP contribution >= 0.6 is 0 Å². The number of anilines is 2. The van der Waals surface area contributed by atoms with Crippen molar-refractivity contribution in [2.75, 3.05) is 17.2 Å². The number of benzene rings is 2. The van der Waals surface area contributed by atoms with Crippen molar-refractivity contribution in [3.05, 3.63) is 59.7 Å². The molecule has 2 rings (SSSR count). The molecular weight excluding hydrogens is 294 g/mol. The van der Waals surface area contributed by atoms with Crippen molar-refractivity contribution in [2.24, 2.45) is 5.73 Å². The number of carbonyl (C=O) groups is 3. The second-order valence-corrected chi connectivity index (χ2v) is 4.98. The van der Waals surface area contributed by atoms with Crippen molar-refractivity contribution in [2.45, 2.75) is 6.92 Å². The van der Waals surface area contributed by atoms with Crippen molar-refractivity contribution < 1.29 is 14.4 Å². The lowest BCUT2D eigenvalue weighted by Gasteiger charge is -2.09. The van der Waals surface area contributed by atoms with Gasteiger partial charge in [-0.05, 0) is 43.3 Å². The molecule has 0 aliphatic carbocycles. The first-order chi connectivity index (χ1) is 11.0. The highest BCUT2D eigenvalue weighted by Crippen LogP contribution is 2.12. The van der Waals surface area contributed by atoms with Crippen molar-refractivity contribution >= 4 is 29.0 Å². The summed E-state index contributed by atoms with van der Waals surface area (Å²) in [5, 5.41) is 5.65. The minimum absolute atomic E-state index is 0.0346. The molecule has 0 aliphatic rings. The monoisotopic (exact) mass is 311 g/mol. The van der Waals surface area contributed by atoms with Gasteiger partial charge in [0.05, 0.1) is 6.54 Å². The minimum Gasteiger partial charge on any atom is -0.376 e. The van der Waals surface area contributed by atoms with E-state index in [1.54, 1.807) is 48.5 Å². The molecule has 6 nitrogen and oxygen atoms in total. The molecule has 0 unspecified atom stereocenters. The van der Waals surface area contributed by atoms with Crippen LogP contribution in [0.2, 0.25) is 0 Å². The predicted octanol–water partition coefficient (Wildman–Crippen LogP) is 2.04. The van der Waals surface area contributed by atoms with E-state index in [0.29, 0.717) is 22.5 Å². The van der Waals surface area contributed by atoms with Crippen molar-refractivity contribution in [3.8, 4) is 0 Å². The zero-order valence-corrected chi connectivity index (χ0v) is 12.6. The van der Waals surface area contributed by atoms with Gasteiger partial charge < -0.3 is 16.4 Å². The summed E-state index contributed by atoms with van der Waals surface area (Å²) in [5.41, 5.74) is 7.37. The van der Waals surface area contributed by atoms with E-state index >= 15 is 0 Å². The summed E-state index contributed by atoms with van der Waals surface area (Å²) in [4.78, 5) is 34.2. The zero-order valence-electron chi connectivity index (χ0n) is 12.6. The smallest absolute Gasteiger partial charge is 0.248 e. The Morgan fingerprint density at radius 2 is 1.65 bits per heavy atom. The normalized spacial score (nSPS) is 9.96. The molecule has 0 saturated heterocycles. The second-order valence-electron chi connectivity index (χ2n) is 4.98. The van der Waals surface area contributed by atoms with Crippen LogP contribution in [0.15, 0.2) is 48.5 Å². The number of rotatable bonds is 6. The Morgan fingerprint density at radius 3 is 2.26 bits per heavy atom. The molecule has 0 aromatic heterocycles. The third-order valence-electron chi connectivity index (χ3n) is 3.18. The van der Waals surface area contributed by atoms with E-state index in [1.165, 1.54) is 6.92 Å². The van der Waals surface area contributed by atoms with E-state index in [0.717, 1.165) is 0 Å². The summed E-state index contributed by atoms with van der Waals surface area (Å²) in [6.07, 6.45) is 0. The Bertz CT molecular complexity index is 739. The molecule has 0 radical (unpaired) electrons. The van der Waals surface area contributed by atoms with E-state index < -0.39 is 5.91 Å². The number of Topliss-reactive ketones (excluding diaryl/α,β-unsaturated/α-hetero) is 1. The molecule has 2 aromatic carbocycles. The average molecular weight is 311 g/mol. The van der Waals surface area contributed by atoms with Crippen molar-refractivity contribution in [1.82, 2.24) is 0 Å². The fourth-order valence-corrected chi connectivity index (χ4v) is 1.95. The molecule has 2 amide bonds. The van der Waals surface area contributed by atoms with Crippen LogP contribution in [0.4, 0.5) is 11.4 Å². The van der Waals surface area contributed by atoms with E-state index in [-0.39, 0.29) is 18.2 Å². The molecule has 118 valence electrons. The number of nitrogens with one attached hydrogen (secondary N) is 2. The Kier molecular flexibility index (Phi) is 5.09. The minimum atomic E-state index is -0.519. The summed E-state index contributed by atoms with van der Waals surface area (Å²) < 4.78 is 0. The molecule has 4 N–H and O–H groups in total. The third kappa shape index (κ3) is 4.67. The molecule has 6 heteroatoms. The largest absolute Gasteiger partial charge is 0.376 e. The van der Waals surface area contributed by atoms with Crippen LogP contribution in [0.1, 0.15) is 27.6 Å². The molecule has 0 fully saturated rings. The number of primary amides is 1. The highest BCUT2D eigenvalue weighted by Gasteiger charge is 2.05. The predicted molar refractivity (Wildman–Crippen MR) is 88.5 cm³/mol. The fourth-order valence-electron chi connectivity index (χ4n) is 1.95. The van der Waals surface area contributed by atoms with Crippen molar-refractivity contribution in [1.29, 1.82) is 0 Å². The van der Waals surface area contributed by atoms with Crippen LogP contribution in [-0.2, 0) is 4.79 Å². The molecule has 0 saturated carbocycles. The van der Waals surface area contributed by atoms with Crippen LogP contribution in [0, 0.1) is 0 Å². The first kappa shape index (κ1) is 16.2. The van der Waals surface area contributed by atoms with E-state index in [2.05, 4.69) is 10.6 Å². The maximum Gasteiger partial charge on any atom is 0.248 e. The maximum absolute atomic E-state index is 11.9. The van der Waals surface area contributed by atoms with Gasteiger partial charge in [0.25, 0.3) is 0 Å². The van der Waals surface area contributed by atoms with Crippen LogP contribution in [0.3, 0.4) is 0 Å². The van der Waals surface area contributed by atoms with Gasteiger partial charge >= 0.3 is 0 Å². The molecule has 0 spiro atoms. The van der Waals surface area contributed by atoms with Gasteiger partial charge in [-0.2, -0.15) is 0 Å². The van der Waals surface area contributed by atoms with E-state index in [4.69, 9.17) is 5.73 Å². The zero-order chi connectivity index (χ0) is 16.8. The Hall–Kier alpha value is -3.15. The van der Waals surface area contributed by atoms with Gasteiger partial charge in [0.2, 0.25) is 11.8 Å². The lowest BCUT2D eigenvalue weighted by atomic mass is 10.1. The van der Waals surface area contributed by atoms with Gasteiger partial charge in [-0.1, -0.05) is 12.1 Å². The molecule has 0 heterocycles. The highest BCUT2D eigenvalue weighted by molar-refractivity contribution is 5.97. The summed E-state index contributed by atoms with van der Waals surface area (Å²) in [7, 11) is 0. The first-order valence-electron chi connectivity index (χ1n) is 7.00.